The second-order valence-corrected chi connectivity index (χ2v) is 7.33. The minimum Gasteiger partial charge on any atom is -0.494 e. The molecule has 0 radical (unpaired) electrons. The van der Waals surface area contributed by atoms with Crippen molar-refractivity contribution in [2.75, 3.05) is 6.61 Å². The number of nitrogens with two attached hydrogens (primary N) is 1. The largest absolute Gasteiger partial charge is 0.494 e. The molecule has 0 aliphatic heterocycles. The highest BCUT2D eigenvalue weighted by atomic mass is 19.4. The molecule has 0 aromatic heterocycles. The third-order valence-corrected chi connectivity index (χ3v) is 4.83. The van der Waals surface area contributed by atoms with Crippen LogP contribution in [0.5, 0.6) is 5.75 Å². The van der Waals surface area contributed by atoms with Gasteiger partial charge in [0.1, 0.15) is 11.5 Å². The number of benzene rings is 1. The lowest BCUT2D eigenvalue weighted by Crippen LogP contribution is -2.43. The highest BCUT2D eigenvalue weighted by Gasteiger charge is 2.37. The lowest BCUT2D eigenvalue weighted by Gasteiger charge is -2.32. The molecule has 0 spiro atoms. The SMILES string of the molecule is NC1(CC(=O)CCCOc2cc(C(F)(F)F)cc(C(F)(F)F)c2)CCCCC1. The Morgan fingerprint density at radius 3 is 2.00 bits per heavy atom. The van der Waals surface area contributed by atoms with E-state index in [0.29, 0.717) is 12.1 Å². The molecule has 1 aliphatic carbocycles. The van der Waals surface area contributed by atoms with Gasteiger partial charge in [-0.2, -0.15) is 26.3 Å². The summed E-state index contributed by atoms with van der Waals surface area (Å²) in [6.45, 7) is -0.165. The Hall–Kier alpha value is -1.77. The van der Waals surface area contributed by atoms with Crippen molar-refractivity contribution < 1.29 is 35.9 Å². The molecule has 9 heteroatoms. The van der Waals surface area contributed by atoms with E-state index in [1.54, 1.807) is 0 Å². The van der Waals surface area contributed by atoms with Gasteiger partial charge in [-0.25, -0.2) is 0 Å². The fraction of sp³-hybridized carbons (Fsp3) is 0.632. The zero-order chi connectivity index (χ0) is 21.0. The molecule has 1 saturated carbocycles. The fourth-order valence-corrected chi connectivity index (χ4v) is 3.38. The van der Waals surface area contributed by atoms with Crippen molar-refractivity contribution in [1.82, 2.24) is 0 Å². The molecule has 1 fully saturated rings. The molecule has 0 saturated heterocycles. The van der Waals surface area contributed by atoms with Crippen LogP contribution in [0.1, 0.15) is 62.5 Å². The molecule has 1 aromatic carbocycles. The molecule has 0 bridgehead atoms. The number of Topliss-reactive ketones (excluding diaryl/α,β-unsaturated/α-hetero) is 1. The van der Waals surface area contributed by atoms with Crippen LogP contribution < -0.4 is 10.5 Å². The van der Waals surface area contributed by atoms with E-state index in [1.807, 2.05) is 0 Å². The Labute approximate surface area is 159 Å². The van der Waals surface area contributed by atoms with Crippen LogP contribution in [0.15, 0.2) is 18.2 Å². The maximum absolute atomic E-state index is 12.8. The lowest BCUT2D eigenvalue weighted by atomic mass is 9.79. The summed E-state index contributed by atoms with van der Waals surface area (Å²) in [6, 6.07) is 1.09. The Balaban J connectivity index is 1.90. The van der Waals surface area contributed by atoms with Crippen molar-refractivity contribution >= 4 is 5.78 Å². The van der Waals surface area contributed by atoms with E-state index in [9.17, 15) is 31.1 Å². The van der Waals surface area contributed by atoms with Crippen LogP contribution in [0.2, 0.25) is 0 Å². The van der Waals surface area contributed by atoms with Gasteiger partial charge in [-0.1, -0.05) is 19.3 Å². The normalized spacial score (nSPS) is 17.4. The molecule has 0 heterocycles. The number of ketones is 1. The molecule has 1 aliphatic rings. The number of hydrogen-bond donors (Lipinski definition) is 1. The Kier molecular flexibility index (Phi) is 7.01. The number of hydrogen-bond acceptors (Lipinski definition) is 3. The first-order valence-electron chi connectivity index (χ1n) is 9.12. The van der Waals surface area contributed by atoms with Gasteiger partial charge < -0.3 is 10.5 Å². The molecule has 0 amide bonds. The zero-order valence-electron chi connectivity index (χ0n) is 15.3. The van der Waals surface area contributed by atoms with E-state index < -0.39 is 34.8 Å². The molecule has 0 unspecified atom stereocenters. The maximum atomic E-state index is 12.8. The topological polar surface area (TPSA) is 52.3 Å². The minimum atomic E-state index is -4.93. The standard InChI is InChI=1S/C19H23F6NO2/c20-18(21,22)13-9-14(19(23,24)25)11-16(10-13)28-8-4-5-15(27)12-17(26)6-2-1-3-7-17/h9-11H,1-8,12,26H2. The third-order valence-electron chi connectivity index (χ3n) is 4.83. The fourth-order valence-electron chi connectivity index (χ4n) is 3.38. The second-order valence-electron chi connectivity index (χ2n) is 7.33. The average Bonchev–Trinajstić information content (AvgIpc) is 2.57. The van der Waals surface area contributed by atoms with Crippen molar-refractivity contribution in [3.05, 3.63) is 29.3 Å². The Morgan fingerprint density at radius 2 is 1.50 bits per heavy atom. The zero-order valence-corrected chi connectivity index (χ0v) is 15.3. The molecule has 28 heavy (non-hydrogen) atoms. The summed E-state index contributed by atoms with van der Waals surface area (Å²) in [4.78, 5) is 12.1. The van der Waals surface area contributed by atoms with Crippen molar-refractivity contribution in [1.29, 1.82) is 0 Å². The molecular weight excluding hydrogens is 388 g/mol. The van der Waals surface area contributed by atoms with Crippen LogP contribution in [0, 0.1) is 0 Å². The van der Waals surface area contributed by atoms with Gasteiger partial charge in [-0.3, -0.25) is 4.79 Å². The Morgan fingerprint density at radius 1 is 0.964 bits per heavy atom. The van der Waals surface area contributed by atoms with Crippen LogP contribution in [0.4, 0.5) is 26.3 Å². The summed E-state index contributed by atoms with van der Waals surface area (Å²) in [6.07, 6.45) is -4.72. The van der Waals surface area contributed by atoms with E-state index in [-0.39, 0.29) is 37.7 Å². The summed E-state index contributed by atoms with van der Waals surface area (Å²) < 4.78 is 81.9. The lowest BCUT2D eigenvalue weighted by molar-refractivity contribution is -0.143. The second kappa shape index (κ2) is 8.71. The molecular formula is C19H23F6NO2. The van der Waals surface area contributed by atoms with Crippen molar-refractivity contribution in [3.63, 3.8) is 0 Å². The van der Waals surface area contributed by atoms with E-state index in [2.05, 4.69) is 0 Å². The third kappa shape index (κ3) is 6.68. The van der Waals surface area contributed by atoms with Gasteiger partial charge in [0, 0.05) is 18.4 Å². The number of carbonyl (C=O) groups is 1. The van der Waals surface area contributed by atoms with Crippen LogP contribution in [0.3, 0.4) is 0 Å². The smallest absolute Gasteiger partial charge is 0.416 e. The predicted molar refractivity (Wildman–Crippen MR) is 90.8 cm³/mol. The first kappa shape index (κ1) is 22.5. The van der Waals surface area contributed by atoms with Gasteiger partial charge in [0.25, 0.3) is 0 Å². The number of carbonyl (C=O) groups excluding carboxylic acids is 1. The minimum absolute atomic E-state index is 0.0429. The van der Waals surface area contributed by atoms with E-state index in [4.69, 9.17) is 10.5 Å². The van der Waals surface area contributed by atoms with Gasteiger partial charge >= 0.3 is 12.4 Å². The summed E-state index contributed by atoms with van der Waals surface area (Å²) in [5, 5.41) is 0. The number of rotatable bonds is 7. The van der Waals surface area contributed by atoms with Crippen LogP contribution in [0.25, 0.3) is 0 Å². The van der Waals surface area contributed by atoms with Crippen molar-refractivity contribution in [2.45, 2.75) is 69.3 Å². The average molecular weight is 411 g/mol. The molecule has 2 rings (SSSR count). The number of ether oxygens (including phenoxy) is 1. The van der Waals surface area contributed by atoms with E-state index in [1.165, 1.54) is 0 Å². The van der Waals surface area contributed by atoms with Gasteiger partial charge in [0.05, 0.1) is 17.7 Å². The van der Waals surface area contributed by atoms with Crippen LogP contribution >= 0.6 is 0 Å². The summed E-state index contributed by atoms with van der Waals surface area (Å²) in [5.74, 6) is -0.606. The van der Waals surface area contributed by atoms with Gasteiger partial charge in [-0.15, -0.1) is 0 Å². The molecule has 1 aromatic rings. The van der Waals surface area contributed by atoms with Crippen LogP contribution in [-0.2, 0) is 17.1 Å². The Bertz CT molecular complexity index is 646. The summed E-state index contributed by atoms with van der Waals surface area (Å²) in [7, 11) is 0. The first-order chi connectivity index (χ1) is 12.9. The number of alkyl halides is 6. The quantitative estimate of drug-likeness (QED) is 0.476. The molecule has 158 valence electrons. The maximum Gasteiger partial charge on any atom is 0.416 e. The molecule has 2 N–H and O–H groups in total. The first-order valence-corrected chi connectivity index (χ1v) is 9.12. The van der Waals surface area contributed by atoms with E-state index >= 15 is 0 Å². The van der Waals surface area contributed by atoms with Crippen molar-refractivity contribution in [3.8, 4) is 5.75 Å². The van der Waals surface area contributed by atoms with E-state index in [0.717, 1.165) is 32.1 Å². The van der Waals surface area contributed by atoms with Crippen molar-refractivity contribution in [2.24, 2.45) is 5.73 Å². The molecule has 3 nitrogen and oxygen atoms in total. The van der Waals surface area contributed by atoms with Gasteiger partial charge in [0.15, 0.2) is 0 Å². The summed E-state index contributed by atoms with van der Waals surface area (Å²) >= 11 is 0. The predicted octanol–water partition coefficient (Wildman–Crippen LogP) is 5.50. The highest BCUT2D eigenvalue weighted by molar-refractivity contribution is 5.79. The highest BCUT2D eigenvalue weighted by Crippen LogP contribution is 2.38. The van der Waals surface area contributed by atoms with Gasteiger partial charge in [-0.05, 0) is 37.5 Å². The van der Waals surface area contributed by atoms with Crippen LogP contribution in [-0.4, -0.2) is 17.9 Å². The van der Waals surface area contributed by atoms with Gasteiger partial charge in [0.2, 0.25) is 0 Å². The monoisotopic (exact) mass is 411 g/mol. The molecule has 0 atom stereocenters. The summed E-state index contributed by atoms with van der Waals surface area (Å²) in [5.41, 5.74) is 2.83. The number of halogens is 6.